The summed E-state index contributed by atoms with van der Waals surface area (Å²) in [5, 5.41) is 11.0. The predicted molar refractivity (Wildman–Crippen MR) is 101 cm³/mol. The molecule has 28 heavy (non-hydrogen) atoms. The molecule has 1 atom stereocenters. The molecule has 3 rings (SSSR count). The SMILES string of the molecule is COc1ccc(F)c(CN2CCCC(O)(CN(C)Cc3cnccn3)C2=O)c1. The van der Waals surface area contributed by atoms with E-state index in [9.17, 15) is 14.3 Å². The van der Waals surface area contributed by atoms with Crippen molar-refractivity contribution in [1.82, 2.24) is 19.8 Å². The Hall–Kier alpha value is -2.58. The summed E-state index contributed by atoms with van der Waals surface area (Å²) in [4.78, 5) is 24.6. The van der Waals surface area contributed by atoms with Crippen molar-refractivity contribution < 1.29 is 19.0 Å². The van der Waals surface area contributed by atoms with Crippen LogP contribution in [0.2, 0.25) is 0 Å². The first-order valence-corrected chi connectivity index (χ1v) is 9.19. The maximum Gasteiger partial charge on any atom is 0.256 e. The Balaban J connectivity index is 1.68. The van der Waals surface area contributed by atoms with Gasteiger partial charge in [0, 0.05) is 50.3 Å². The van der Waals surface area contributed by atoms with Crippen molar-refractivity contribution in [1.29, 1.82) is 0 Å². The van der Waals surface area contributed by atoms with E-state index in [2.05, 4.69) is 9.97 Å². The lowest BCUT2D eigenvalue weighted by atomic mass is 9.90. The van der Waals surface area contributed by atoms with Gasteiger partial charge in [-0.3, -0.25) is 19.7 Å². The average molecular weight is 388 g/mol. The molecule has 0 aliphatic carbocycles. The second-order valence-corrected chi connectivity index (χ2v) is 7.19. The van der Waals surface area contributed by atoms with Crippen LogP contribution in [-0.4, -0.2) is 63.6 Å². The summed E-state index contributed by atoms with van der Waals surface area (Å²) >= 11 is 0. The molecule has 1 aromatic heterocycles. The molecule has 2 aromatic rings. The van der Waals surface area contributed by atoms with E-state index in [0.717, 1.165) is 5.69 Å². The van der Waals surface area contributed by atoms with Gasteiger partial charge < -0.3 is 14.7 Å². The first-order chi connectivity index (χ1) is 13.4. The van der Waals surface area contributed by atoms with E-state index in [1.54, 1.807) is 24.7 Å². The highest BCUT2D eigenvalue weighted by Gasteiger charge is 2.43. The Morgan fingerprint density at radius 2 is 2.21 bits per heavy atom. The maximum atomic E-state index is 14.2. The summed E-state index contributed by atoms with van der Waals surface area (Å²) in [6.07, 6.45) is 5.87. The van der Waals surface area contributed by atoms with Gasteiger partial charge in [0.05, 0.1) is 12.8 Å². The Bertz CT molecular complexity index is 820. The largest absolute Gasteiger partial charge is 0.497 e. The number of aromatic nitrogens is 2. The molecule has 1 aromatic carbocycles. The van der Waals surface area contributed by atoms with Gasteiger partial charge in [-0.2, -0.15) is 0 Å². The fourth-order valence-corrected chi connectivity index (χ4v) is 3.56. The monoisotopic (exact) mass is 388 g/mol. The van der Waals surface area contributed by atoms with Crippen LogP contribution in [0.15, 0.2) is 36.8 Å². The van der Waals surface area contributed by atoms with E-state index in [4.69, 9.17) is 4.74 Å². The lowest BCUT2D eigenvalue weighted by Crippen LogP contribution is -2.57. The number of aliphatic hydroxyl groups is 1. The van der Waals surface area contributed by atoms with Gasteiger partial charge in [-0.25, -0.2) is 4.39 Å². The lowest BCUT2D eigenvalue weighted by Gasteiger charge is -2.40. The number of rotatable bonds is 7. The molecule has 0 radical (unpaired) electrons. The van der Waals surface area contributed by atoms with Crippen molar-refractivity contribution in [3.05, 3.63) is 53.9 Å². The number of carbonyl (C=O) groups excluding carboxylic acids is 1. The molecule has 1 fully saturated rings. The van der Waals surface area contributed by atoms with Crippen LogP contribution < -0.4 is 4.74 Å². The van der Waals surface area contributed by atoms with Crippen molar-refractivity contribution >= 4 is 5.91 Å². The second-order valence-electron chi connectivity index (χ2n) is 7.19. The van der Waals surface area contributed by atoms with E-state index < -0.39 is 11.4 Å². The van der Waals surface area contributed by atoms with Crippen LogP contribution in [0.25, 0.3) is 0 Å². The fourth-order valence-electron chi connectivity index (χ4n) is 3.56. The molecule has 1 unspecified atom stereocenters. The van der Waals surface area contributed by atoms with Gasteiger partial charge >= 0.3 is 0 Å². The normalized spacial score (nSPS) is 19.9. The Kier molecular flexibility index (Phi) is 6.21. The number of ether oxygens (including phenoxy) is 1. The number of hydrogen-bond donors (Lipinski definition) is 1. The summed E-state index contributed by atoms with van der Waals surface area (Å²) in [6.45, 7) is 1.21. The summed E-state index contributed by atoms with van der Waals surface area (Å²) in [6, 6.07) is 4.44. The minimum atomic E-state index is -1.51. The molecule has 0 saturated carbocycles. The summed E-state index contributed by atoms with van der Waals surface area (Å²) < 4.78 is 19.3. The summed E-state index contributed by atoms with van der Waals surface area (Å²) in [7, 11) is 3.33. The maximum absolute atomic E-state index is 14.2. The molecule has 2 heterocycles. The van der Waals surface area contributed by atoms with Crippen LogP contribution >= 0.6 is 0 Å². The molecule has 1 N–H and O–H groups in total. The lowest BCUT2D eigenvalue weighted by molar-refractivity contribution is -0.160. The van der Waals surface area contributed by atoms with E-state index in [1.165, 1.54) is 24.1 Å². The Morgan fingerprint density at radius 1 is 1.39 bits per heavy atom. The number of likely N-dealkylation sites (N-methyl/N-ethyl adjacent to an activating group) is 1. The number of halogens is 1. The molecular formula is C20H25FN4O3. The number of amides is 1. The van der Waals surface area contributed by atoms with Crippen LogP contribution in [0.1, 0.15) is 24.1 Å². The fraction of sp³-hybridized carbons (Fsp3) is 0.450. The van der Waals surface area contributed by atoms with Gasteiger partial charge in [-0.05, 0) is 38.1 Å². The molecule has 1 aliphatic heterocycles. The number of likely N-dealkylation sites (tertiary alicyclic amines) is 1. The molecule has 0 spiro atoms. The zero-order chi connectivity index (χ0) is 20.1. The van der Waals surface area contributed by atoms with Crippen LogP contribution in [0, 0.1) is 5.82 Å². The smallest absolute Gasteiger partial charge is 0.256 e. The third-order valence-electron chi connectivity index (χ3n) is 4.90. The number of carbonyl (C=O) groups is 1. The zero-order valence-corrected chi connectivity index (χ0v) is 16.1. The highest BCUT2D eigenvalue weighted by molar-refractivity contribution is 5.86. The van der Waals surface area contributed by atoms with E-state index >= 15 is 0 Å². The molecule has 150 valence electrons. The number of hydrogen-bond acceptors (Lipinski definition) is 6. The van der Waals surface area contributed by atoms with Crippen LogP contribution in [0.5, 0.6) is 5.75 Å². The van der Waals surface area contributed by atoms with Crippen molar-refractivity contribution in [3.8, 4) is 5.75 Å². The Labute approximate surface area is 163 Å². The van der Waals surface area contributed by atoms with Crippen LogP contribution in [-0.2, 0) is 17.9 Å². The molecule has 0 bridgehead atoms. The summed E-state index contributed by atoms with van der Waals surface area (Å²) in [5.74, 6) is -0.255. The number of nitrogens with zero attached hydrogens (tertiary/aromatic N) is 4. The molecule has 1 saturated heterocycles. The van der Waals surface area contributed by atoms with Gasteiger partial charge in [0.2, 0.25) is 0 Å². The number of piperidine rings is 1. The predicted octanol–water partition coefficient (Wildman–Crippen LogP) is 1.61. The zero-order valence-electron chi connectivity index (χ0n) is 16.1. The third-order valence-corrected chi connectivity index (χ3v) is 4.90. The minimum absolute atomic E-state index is 0.0953. The molecule has 8 heteroatoms. The van der Waals surface area contributed by atoms with Gasteiger partial charge in [0.15, 0.2) is 5.60 Å². The van der Waals surface area contributed by atoms with E-state index in [-0.39, 0.29) is 19.0 Å². The standard InChI is InChI=1S/C20H25FN4O3/c1-24(13-16-11-22-7-8-23-16)14-20(27)6-3-9-25(19(20)26)12-15-10-17(28-2)4-5-18(15)21/h4-5,7-8,10-11,27H,3,6,9,12-14H2,1-2H3. The number of benzene rings is 1. The number of methoxy groups -OCH3 is 1. The molecular weight excluding hydrogens is 363 g/mol. The van der Waals surface area contributed by atoms with Crippen molar-refractivity contribution in [3.63, 3.8) is 0 Å². The van der Waals surface area contributed by atoms with Crippen molar-refractivity contribution in [2.24, 2.45) is 0 Å². The highest BCUT2D eigenvalue weighted by atomic mass is 19.1. The Morgan fingerprint density at radius 3 is 2.93 bits per heavy atom. The van der Waals surface area contributed by atoms with Crippen molar-refractivity contribution in [2.75, 3.05) is 27.2 Å². The van der Waals surface area contributed by atoms with Crippen LogP contribution in [0.4, 0.5) is 4.39 Å². The van der Waals surface area contributed by atoms with Gasteiger partial charge in [-0.15, -0.1) is 0 Å². The quantitative estimate of drug-likeness (QED) is 0.776. The average Bonchev–Trinajstić information content (AvgIpc) is 2.68. The van der Waals surface area contributed by atoms with Crippen molar-refractivity contribution in [2.45, 2.75) is 31.5 Å². The first kappa shape index (κ1) is 20.2. The van der Waals surface area contributed by atoms with Crippen LogP contribution in [0.3, 0.4) is 0 Å². The molecule has 1 aliphatic rings. The topological polar surface area (TPSA) is 78.8 Å². The highest BCUT2D eigenvalue weighted by Crippen LogP contribution is 2.27. The second kappa shape index (κ2) is 8.62. The van der Waals surface area contributed by atoms with Gasteiger partial charge in [-0.1, -0.05) is 0 Å². The van der Waals surface area contributed by atoms with Gasteiger partial charge in [0.25, 0.3) is 5.91 Å². The first-order valence-electron chi connectivity index (χ1n) is 9.19. The molecule has 7 nitrogen and oxygen atoms in total. The van der Waals surface area contributed by atoms with E-state index in [0.29, 0.717) is 37.2 Å². The third kappa shape index (κ3) is 4.63. The molecule has 1 amide bonds. The minimum Gasteiger partial charge on any atom is -0.497 e. The van der Waals surface area contributed by atoms with Gasteiger partial charge in [0.1, 0.15) is 11.6 Å². The van der Waals surface area contributed by atoms with E-state index in [1.807, 2.05) is 11.9 Å². The summed E-state index contributed by atoms with van der Waals surface area (Å²) in [5.41, 5.74) is -0.387.